The molecule has 1 aromatic heterocycles. The first-order valence-corrected chi connectivity index (χ1v) is 9.55. The van der Waals surface area contributed by atoms with Crippen LogP contribution in [0.25, 0.3) is 11.3 Å². The number of aryl methyl sites for hydroxylation is 1. The number of hydrazine groups is 1. The molecular formula is C22H26ClN5. The van der Waals surface area contributed by atoms with Crippen molar-refractivity contribution in [2.24, 2.45) is 5.84 Å². The average Bonchev–Trinajstić information content (AvgIpc) is 2.63. The molecule has 5 nitrogen and oxygen atoms in total. The molecule has 0 amide bonds. The van der Waals surface area contributed by atoms with Gasteiger partial charge in [0.15, 0.2) is 5.82 Å². The zero-order chi connectivity index (χ0) is 20.5. The van der Waals surface area contributed by atoms with E-state index in [0.717, 1.165) is 11.1 Å². The number of benzene rings is 2. The van der Waals surface area contributed by atoms with Gasteiger partial charge in [0.25, 0.3) is 0 Å². The molecule has 6 heteroatoms. The second kappa shape index (κ2) is 7.78. The van der Waals surface area contributed by atoms with Crippen molar-refractivity contribution in [3.63, 3.8) is 0 Å². The second-order valence-electron chi connectivity index (χ2n) is 7.97. The summed E-state index contributed by atoms with van der Waals surface area (Å²) in [5, 5.41) is 2.19. The van der Waals surface area contributed by atoms with Gasteiger partial charge in [0, 0.05) is 16.0 Å². The van der Waals surface area contributed by atoms with Crippen LogP contribution in [0.2, 0.25) is 5.02 Å². The lowest BCUT2D eigenvalue weighted by Crippen LogP contribution is -2.33. The summed E-state index contributed by atoms with van der Waals surface area (Å²) in [5.74, 6) is 7.56. The molecule has 0 atom stereocenters. The van der Waals surface area contributed by atoms with Crippen LogP contribution < -0.4 is 16.6 Å². The van der Waals surface area contributed by atoms with Crippen LogP contribution in [0.3, 0.4) is 0 Å². The largest absolute Gasteiger partial charge is 0.394 e. The number of hydrogen-bond acceptors (Lipinski definition) is 5. The smallest absolute Gasteiger partial charge is 0.170 e. The molecule has 28 heavy (non-hydrogen) atoms. The van der Waals surface area contributed by atoms with Gasteiger partial charge in [-0.15, -0.1) is 0 Å². The monoisotopic (exact) mass is 395 g/mol. The molecule has 2 aromatic carbocycles. The lowest BCUT2D eigenvalue weighted by atomic mass is 9.95. The third-order valence-electron chi connectivity index (χ3n) is 4.49. The summed E-state index contributed by atoms with van der Waals surface area (Å²) in [6, 6.07) is 15.7. The molecule has 0 fully saturated rings. The number of nitrogen functional groups attached to an aromatic ring is 1. The van der Waals surface area contributed by atoms with E-state index in [1.165, 1.54) is 10.6 Å². The highest BCUT2D eigenvalue weighted by atomic mass is 35.5. The van der Waals surface area contributed by atoms with Crippen molar-refractivity contribution in [1.82, 2.24) is 9.97 Å². The van der Waals surface area contributed by atoms with Crippen LogP contribution in [0.4, 0.5) is 11.5 Å². The van der Waals surface area contributed by atoms with Crippen LogP contribution in [0.1, 0.15) is 37.7 Å². The van der Waals surface area contributed by atoms with Gasteiger partial charge in [0.05, 0.1) is 12.2 Å². The number of nitrogens with zero attached hydrogens (tertiary/aromatic N) is 3. The van der Waals surface area contributed by atoms with E-state index in [4.69, 9.17) is 33.1 Å². The fourth-order valence-electron chi connectivity index (χ4n) is 2.83. The standard InChI is InChI=1S/C22H26ClN5/c1-14-9-11-15(12-10-14)19-18(24)20(27-21(26-19)22(2,3)4)28(25)13-16-7-5-6-8-17(16)23/h5-12H,13,24-25H2,1-4H3. The van der Waals surface area contributed by atoms with Gasteiger partial charge in [0.1, 0.15) is 11.5 Å². The normalized spacial score (nSPS) is 11.5. The lowest BCUT2D eigenvalue weighted by Gasteiger charge is -2.25. The quantitative estimate of drug-likeness (QED) is 0.486. The molecule has 3 aromatic rings. The fraction of sp³-hybridized carbons (Fsp3) is 0.273. The van der Waals surface area contributed by atoms with Gasteiger partial charge >= 0.3 is 0 Å². The Hall–Kier alpha value is -2.63. The van der Waals surface area contributed by atoms with E-state index in [1.807, 2.05) is 55.5 Å². The third-order valence-corrected chi connectivity index (χ3v) is 4.86. The predicted molar refractivity (Wildman–Crippen MR) is 117 cm³/mol. The second-order valence-corrected chi connectivity index (χ2v) is 8.38. The molecule has 0 aliphatic carbocycles. The molecule has 1 heterocycles. The summed E-state index contributed by atoms with van der Waals surface area (Å²) in [4.78, 5) is 9.46. The Kier molecular flexibility index (Phi) is 5.59. The van der Waals surface area contributed by atoms with Crippen molar-refractivity contribution < 1.29 is 0 Å². The number of hydrogen-bond donors (Lipinski definition) is 2. The van der Waals surface area contributed by atoms with E-state index < -0.39 is 0 Å². The zero-order valence-electron chi connectivity index (χ0n) is 16.7. The minimum absolute atomic E-state index is 0.257. The summed E-state index contributed by atoms with van der Waals surface area (Å²) in [6.07, 6.45) is 0. The molecule has 0 radical (unpaired) electrons. The summed E-state index contributed by atoms with van der Waals surface area (Å²) >= 11 is 6.30. The Morgan fingerprint density at radius 1 is 1.00 bits per heavy atom. The van der Waals surface area contributed by atoms with Gasteiger partial charge in [-0.2, -0.15) is 0 Å². The van der Waals surface area contributed by atoms with Crippen molar-refractivity contribution in [3.8, 4) is 11.3 Å². The van der Waals surface area contributed by atoms with Crippen molar-refractivity contribution in [1.29, 1.82) is 0 Å². The molecule has 146 valence electrons. The molecular weight excluding hydrogens is 370 g/mol. The topological polar surface area (TPSA) is 81.1 Å². The van der Waals surface area contributed by atoms with E-state index in [1.54, 1.807) is 0 Å². The minimum atomic E-state index is -0.257. The van der Waals surface area contributed by atoms with Crippen molar-refractivity contribution >= 4 is 23.1 Å². The molecule has 3 rings (SSSR count). The molecule has 0 spiro atoms. The van der Waals surface area contributed by atoms with E-state index in [-0.39, 0.29) is 5.41 Å². The van der Waals surface area contributed by atoms with Crippen LogP contribution in [-0.2, 0) is 12.0 Å². The number of nitrogens with two attached hydrogens (primary N) is 2. The summed E-state index contributed by atoms with van der Waals surface area (Å²) in [6.45, 7) is 8.63. The van der Waals surface area contributed by atoms with Crippen LogP contribution in [0.5, 0.6) is 0 Å². The summed E-state index contributed by atoms with van der Waals surface area (Å²) in [7, 11) is 0. The van der Waals surface area contributed by atoms with Crippen LogP contribution >= 0.6 is 11.6 Å². The Labute approximate surface area is 171 Å². The summed E-state index contributed by atoms with van der Waals surface area (Å²) in [5.41, 5.74) is 10.4. The highest BCUT2D eigenvalue weighted by Gasteiger charge is 2.24. The van der Waals surface area contributed by atoms with E-state index in [9.17, 15) is 0 Å². The Bertz CT molecular complexity index is 977. The molecule has 0 saturated heterocycles. The molecule has 0 unspecified atom stereocenters. The Morgan fingerprint density at radius 3 is 2.25 bits per heavy atom. The van der Waals surface area contributed by atoms with E-state index >= 15 is 0 Å². The average molecular weight is 396 g/mol. The predicted octanol–water partition coefficient (Wildman–Crippen LogP) is 4.87. The minimum Gasteiger partial charge on any atom is -0.394 e. The Morgan fingerprint density at radius 2 is 1.64 bits per heavy atom. The van der Waals surface area contributed by atoms with Gasteiger partial charge in [-0.05, 0) is 18.6 Å². The molecule has 0 aliphatic rings. The first-order valence-electron chi connectivity index (χ1n) is 9.17. The van der Waals surface area contributed by atoms with Crippen LogP contribution in [0, 0.1) is 6.92 Å². The van der Waals surface area contributed by atoms with Gasteiger partial charge in [-0.1, -0.05) is 80.4 Å². The van der Waals surface area contributed by atoms with Gasteiger partial charge in [0.2, 0.25) is 0 Å². The molecule has 4 N–H and O–H groups in total. The number of anilines is 2. The number of aromatic nitrogens is 2. The van der Waals surface area contributed by atoms with Gasteiger partial charge in [-0.3, -0.25) is 5.01 Å². The maximum atomic E-state index is 6.48. The van der Waals surface area contributed by atoms with Crippen molar-refractivity contribution in [3.05, 3.63) is 70.5 Å². The Balaban J connectivity index is 2.10. The maximum Gasteiger partial charge on any atom is 0.170 e. The zero-order valence-corrected chi connectivity index (χ0v) is 17.5. The number of rotatable bonds is 4. The summed E-state index contributed by atoms with van der Waals surface area (Å²) < 4.78 is 0. The van der Waals surface area contributed by atoms with Gasteiger partial charge < -0.3 is 5.73 Å². The molecule has 0 aliphatic heterocycles. The van der Waals surface area contributed by atoms with Crippen LogP contribution in [-0.4, -0.2) is 9.97 Å². The highest BCUT2D eigenvalue weighted by Crippen LogP contribution is 2.34. The highest BCUT2D eigenvalue weighted by molar-refractivity contribution is 6.31. The van der Waals surface area contributed by atoms with E-state index in [2.05, 4.69) is 20.8 Å². The van der Waals surface area contributed by atoms with Crippen LogP contribution in [0.15, 0.2) is 48.5 Å². The molecule has 0 saturated carbocycles. The first-order chi connectivity index (χ1) is 13.2. The number of halogens is 1. The third kappa shape index (κ3) is 4.26. The van der Waals surface area contributed by atoms with E-state index in [0.29, 0.717) is 34.6 Å². The fourth-order valence-corrected chi connectivity index (χ4v) is 3.02. The molecule has 0 bridgehead atoms. The maximum absolute atomic E-state index is 6.48. The van der Waals surface area contributed by atoms with Crippen molar-refractivity contribution in [2.45, 2.75) is 39.7 Å². The lowest BCUT2D eigenvalue weighted by molar-refractivity contribution is 0.545. The van der Waals surface area contributed by atoms with Gasteiger partial charge in [-0.25, -0.2) is 15.8 Å². The first kappa shape index (κ1) is 20.1. The SMILES string of the molecule is Cc1ccc(-c2nc(C(C)(C)C)nc(N(N)Cc3ccccc3Cl)c2N)cc1. The van der Waals surface area contributed by atoms with Crippen molar-refractivity contribution in [2.75, 3.05) is 10.7 Å².